The summed E-state index contributed by atoms with van der Waals surface area (Å²) in [6.45, 7) is 4.90. The van der Waals surface area contributed by atoms with Crippen LogP contribution in [0.2, 0.25) is 0 Å². The van der Waals surface area contributed by atoms with E-state index in [9.17, 15) is 4.79 Å². The molecule has 1 aliphatic carbocycles. The van der Waals surface area contributed by atoms with Gasteiger partial charge in [0.05, 0.1) is 5.71 Å². The molecule has 1 aromatic heterocycles. The van der Waals surface area contributed by atoms with Crippen molar-refractivity contribution in [2.24, 2.45) is 0 Å². The molecule has 1 amide bonds. The maximum atomic E-state index is 12.7. The van der Waals surface area contributed by atoms with Crippen LogP contribution < -0.4 is 15.4 Å². The van der Waals surface area contributed by atoms with Crippen molar-refractivity contribution in [2.75, 3.05) is 31.3 Å². The molecule has 3 aromatic carbocycles. The summed E-state index contributed by atoms with van der Waals surface area (Å²) in [5.74, 6) is 2.15. The molecule has 4 aromatic rings. The second-order valence-corrected chi connectivity index (χ2v) is 11.2. The van der Waals surface area contributed by atoms with Crippen LogP contribution in [0.5, 0.6) is 11.5 Å². The van der Waals surface area contributed by atoms with Gasteiger partial charge >= 0.3 is 0 Å². The predicted molar refractivity (Wildman–Crippen MR) is 182 cm³/mol. The summed E-state index contributed by atoms with van der Waals surface area (Å²) in [5.41, 5.74) is 5.81. The molecule has 1 fully saturated rings. The third kappa shape index (κ3) is 7.54. The summed E-state index contributed by atoms with van der Waals surface area (Å²) in [4.78, 5) is 14.9. The normalized spacial score (nSPS) is 13.3. The van der Waals surface area contributed by atoms with E-state index in [1.165, 1.54) is 12.8 Å². The minimum Gasteiger partial charge on any atom is -0.457 e. The molecule has 7 heteroatoms. The average molecular weight is 588 g/mol. The molecular weight excluding hydrogens is 546 g/mol. The summed E-state index contributed by atoms with van der Waals surface area (Å²) >= 11 is 0. The highest BCUT2D eigenvalue weighted by atomic mass is 16.5. The number of hydrogen-bond acceptors (Lipinski definition) is 5. The van der Waals surface area contributed by atoms with E-state index in [4.69, 9.17) is 10.1 Å². The fourth-order valence-corrected chi connectivity index (χ4v) is 5.10. The molecule has 0 aliphatic heterocycles. The standard InChI is InChI=1S/C37H41N5O2/c1-5-26(2)23-34(38)36-33(27-16-20-32(21-17-27)44-31-13-7-6-8-14-31)25-42(37(36)39-3)30-12-9-11-28(24-30)40-35(43)15-10-22-41(4)29-18-19-29/h6-17,20-21,23-25,29,38-39H,5,18-19,22H2,1-4H3,(H,40,43)/b15-10?,26-23+,38-34?. The zero-order valence-corrected chi connectivity index (χ0v) is 25.9. The van der Waals surface area contributed by atoms with Crippen LogP contribution in [-0.2, 0) is 4.79 Å². The van der Waals surface area contributed by atoms with Crippen LogP contribution in [0.1, 0.15) is 38.7 Å². The SMILES string of the molecule is CC/C(C)=C/C(=N)c1c(-c2ccc(Oc3ccccc3)cc2)cn(-c2cccc(NC(=O)C=CCN(C)C3CC3)c2)c1NC. The molecule has 0 spiro atoms. The summed E-state index contributed by atoms with van der Waals surface area (Å²) in [6, 6.07) is 26.1. The van der Waals surface area contributed by atoms with Gasteiger partial charge in [-0.15, -0.1) is 0 Å². The number of hydrogen-bond donors (Lipinski definition) is 3. The lowest BCUT2D eigenvalue weighted by molar-refractivity contribution is -0.111. The molecule has 0 unspecified atom stereocenters. The fraction of sp³-hybridized carbons (Fsp3) is 0.243. The molecular formula is C37H41N5O2. The second kappa shape index (κ2) is 14.1. The van der Waals surface area contributed by atoms with Crippen molar-refractivity contribution in [3.8, 4) is 28.3 Å². The maximum absolute atomic E-state index is 12.7. The number of ether oxygens (including phenoxy) is 1. The van der Waals surface area contributed by atoms with Gasteiger partial charge in [-0.25, -0.2) is 0 Å². The number of carbonyl (C=O) groups excluding carboxylic acids is 1. The van der Waals surface area contributed by atoms with Gasteiger partial charge in [0.15, 0.2) is 0 Å². The molecule has 7 nitrogen and oxygen atoms in total. The number of rotatable bonds is 13. The van der Waals surface area contributed by atoms with Gasteiger partial charge in [0.2, 0.25) is 5.91 Å². The predicted octanol–water partition coefficient (Wildman–Crippen LogP) is 8.29. The highest BCUT2D eigenvalue weighted by Gasteiger charge is 2.25. The zero-order chi connectivity index (χ0) is 31.1. The number of para-hydroxylation sites is 1. The summed E-state index contributed by atoms with van der Waals surface area (Å²) in [7, 11) is 3.96. The van der Waals surface area contributed by atoms with Crippen LogP contribution in [0.3, 0.4) is 0 Å². The van der Waals surface area contributed by atoms with Gasteiger partial charge in [-0.05, 0) is 87.3 Å². The number of allylic oxidation sites excluding steroid dienone is 2. The summed E-state index contributed by atoms with van der Waals surface area (Å²) in [6.07, 6.45) is 10.8. The Morgan fingerprint density at radius 1 is 1.05 bits per heavy atom. The van der Waals surface area contributed by atoms with Crippen molar-refractivity contribution in [3.63, 3.8) is 0 Å². The van der Waals surface area contributed by atoms with Crippen LogP contribution in [-0.4, -0.2) is 47.8 Å². The van der Waals surface area contributed by atoms with Crippen molar-refractivity contribution >= 4 is 23.1 Å². The van der Waals surface area contributed by atoms with Crippen molar-refractivity contribution < 1.29 is 9.53 Å². The van der Waals surface area contributed by atoms with Gasteiger partial charge in [0.1, 0.15) is 17.3 Å². The first kappa shape index (κ1) is 30.6. The van der Waals surface area contributed by atoms with Crippen LogP contribution >= 0.6 is 0 Å². The first-order chi connectivity index (χ1) is 21.4. The van der Waals surface area contributed by atoms with E-state index in [1.807, 2.05) is 116 Å². The highest BCUT2D eigenvalue weighted by molar-refractivity contribution is 6.15. The Kier molecular flexibility index (Phi) is 9.77. The molecule has 44 heavy (non-hydrogen) atoms. The molecule has 1 aliphatic rings. The van der Waals surface area contributed by atoms with E-state index < -0.39 is 0 Å². The Morgan fingerprint density at radius 2 is 1.77 bits per heavy atom. The third-order valence-corrected chi connectivity index (χ3v) is 7.83. The Morgan fingerprint density at radius 3 is 2.45 bits per heavy atom. The molecule has 0 saturated heterocycles. The number of aromatic nitrogens is 1. The Hall–Kier alpha value is -4.88. The smallest absolute Gasteiger partial charge is 0.248 e. The zero-order valence-electron chi connectivity index (χ0n) is 25.9. The number of carbonyl (C=O) groups is 1. The van der Waals surface area contributed by atoms with E-state index >= 15 is 0 Å². The fourth-order valence-electron chi connectivity index (χ4n) is 5.10. The summed E-state index contributed by atoms with van der Waals surface area (Å²) < 4.78 is 8.06. The van der Waals surface area contributed by atoms with E-state index in [2.05, 4.69) is 29.5 Å². The third-order valence-electron chi connectivity index (χ3n) is 7.83. The van der Waals surface area contributed by atoms with Gasteiger partial charge in [0.25, 0.3) is 0 Å². The molecule has 3 N–H and O–H groups in total. The lowest BCUT2D eigenvalue weighted by atomic mass is 9.99. The first-order valence-electron chi connectivity index (χ1n) is 15.2. The number of anilines is 2. The van der Waals surface area contributed by atoms with E-state index in [0.29, 0.717) is 17.4 Å². The van der Waals surface area contributed by atoms with E-state index in [0.717, 1.165) is 58.2 Å². The highest BCUT2D eigenvalue weighted by Crippen LogP contribution is 2.36. The number of amides is 1. The quantitative estimate of drug-likeness (QED) is 0.109. The van der Waals surface area contributed by atoms with Gasteiger partial charge in [-0.2, -0.15) is 0 Å². The minimum atomic E-state index is -0.158. The topological polar surface area (TPSA) is 82.4 Å². The lowest BCUT2D eigenvalue weighted by Crippen LogP contribution is -2.20. The molecule has 1 saturated carbocycles. The largest absolute Gasteiger partial charge is 0.457 e. The monoisotopic (exact) mass is 587 g/mol. The minimum absolute atomic E-state index is 0.158. The van der Waals surface area contributed by atoms with Crippen molar-refractivity contribution in [1.29, 1.82) is 5.41 Å². The maximum Gasteiger partial charge on any atom is 0.248 e. The molecule has 5 rings (SSSR count). The van der Waals surface area contributed by atoms with Crippen LogP contribution in [0, 0.1) is 5.41 Å². The average Bonchev–Trinajstić information content (AvgIpc) is 3.81. The number of nitrogens with one attached hydrogen (secondary N) is 3. The summed E-state index contributed by atoms with van der Waals surface area (Å²) in [5, 5.41) is 15.4. The van der Waals surface area contributed by atoms with Crippen molar-refractivity contribution in [1.82, 2.24) is 9.47 Å². The molecule has 0 atom stereocenters. The molecule has 0 radical (unpaired) electrons. The van der Waals surface area contributed by atoms with Gasteiger partial charge < -0.3 is 25.3 Å². The number of benzene rings is 3. The first-order valence-corrected chi connectivity index (χ1v) is 15.2. The Balaban J connectivity index is 1.45. The Labute approximate surface area is 260 Å². The van der Waals surface area contributed by atoms with Crippen LogP contribution in [0.25, 0.3) is 16.8 Å². The van der Waals surface area contributed by atoms with Gasteiger partial charge in [0, 0.05) is 54.4 Å². The van der Waals surface area contributed by atoms with Crippen molar-refractivity contribution in [3.05, 3.63) is 114 Å². The molecule has 226 valence electrons. The van der Waals surface area contributed by atoms with Crippen molar-refractivity contribution in [2.45, 2.75) is 39.2 Å². The number of likely N-dealkylation sites (N-methyl/N-ethyl adjacent to an activating group) is 1. The van der Waals surface area contributed by atoms with Gasteiger partial charge in [-0.1, -0.05) is 55.0 Å². The van der Waals surface area contributed by atoms with Crippen LogP contribution in [0.15, 0.2) is 109 Å². The molecule has 1 heterocycles. The Bertz CT molecular complexity index is 1660. The second-order valence-electron chi connectivity index (χ2n) is 11.2. The van der Waals surface area contributed by atoms with E-state index in [1.54, 1.807) is 6.08 Å². The molecule has 0 bridgehead atoms. The van der Waals surface area contributed by atoms with Gasteiger partial charge in [-0.3, -0.25) is 9.69 Å². The van der Waals surface area contributed by atoms with Crippen LogP contribution in [0.4, 0.5) is 11.5 Å². The number of nitrogens with zero attached hydrogens (tertiary/aromatic N) is 2. The lowest BCUT2D eigenvalue weighted by Gasteiger charge is -2.13. The van der Waals surface area contributed by atoms with E-state index in [-0.39, 0.29) is 5.91 Å².